The molecule has 5 rings (SSSR count). The molecule has 7 nitrogen and oxygen atoms in total. The topological polar surface area (TPSA) is 117 Å². The van der Waals surface area contributed by atoms with Gasteiger partial charge in [0.05, 0.1) is 11.1 Å². The normalized spacial score (nSPS) is 11.0. The lowest BCUT2D eigenvalue weighted by molar-refractivity contribution is -0.115. The molecule has 5 aromatic rings. The summed E-state index contributed by atoms with van der Waals surface area (Å²) >= 11 is 0. The van der Waals surface area contributed by atoms with Crippen LogP contribution in [0.15, 0.2) is 72.8 Å². The smallest absolute Gasteiger partial charge is 0.255 e. The number of aromatic amines is 1. The van der Waals surface area contributed by atoms with Crippen molar-refractivity contribution in [1.29, 1.82) is 0 Å². The molecule has 0 aliphatic heterocycles. The molecular weight excluding hydrogens is 483 g/mol. The van der Waals surface area contributed by atoms with Gasteiger partial charge in [-0.25, -0.2) is 4.39 Å². The molecule has 0 aliphatic rings. The zero-order valence-electron chi connectivity index (χ0n) is 20.8. The highest BCUT2D eigenvalue weighted by molar-refractivity contribution is 6.20. The van der Waals surface area contributed by atoms with E-state index in [0.717, 1.165) is 33.0 Å². The maximum Gasteiger partial charge on any atom is 0.255 e. The third kappa shape index (κ3) is 4.48. The molecule has 38 heavy (non-hydrogen) atoms. The summed E-state index contributed by atoms with van der Waals surface area (Å²) in [5.41, 5.74) is 11.5. The minimum atomic E-state index is -0.565. The van der Waals surface area contributed by atoms with Crippen molar-refractivity contribution in [3.05, 3.63) is 95.3 Å². The van der Waals surface area contributed by atoms with E-state index in [1.165, 1.54) is 24.3 Å². The molecule has 1 aromatic heterocycles. The van der Waals surface area contributed by atoms with E-state index < -0.39 is 11.7 Å². The van der Waals surface area contributed by atoms with Crippen molar-refractivity contribution in [3.63, 3.8) is 0 Å². The highest BCUT2D eigenvalue weighted by Crippen LogP contribution is 2.39. The van der Waals surface area contributed by atoms with Crippen LogP contribution in [0.4, 0.5) is 15.8 Å². The first kappa shape index (κ1) is 24.7. The Morgan fingerprint density at radius 3 is 2.39 bits per heavy atom. The molecule has 0 bridgehead atoms. The van der Waals surface area contributed by atoms with Gasteiger partial charge in [-0.05, 0) is 72.1 Å². The van der Waals surface area contributed by atoms with Crippen LogP contribution in [0.3, 0.4) is 0 Å². The molecule has 0 atom stereocenters. The zero-order valence-corrected chi connectivity index (χ0v) is 20.8. The Morgan fingerprint density at radius 1 is 0.921 bits per heavy atom. The van der Waals surface area contributed by atoms with Gasteiger partial charge in [-0.2, -0.15) is 0 Å². The maximum atomic E-state index is 13.3. The van der Waals surface area contributed by atoms with Gasteiger partial charge in [-0.1, -0.05) is 31.2 Å². The Kier molecular flexibility index (Phi) is 6.38. The largest absolute Gasteiger partial charge is 0.366 e. The summed E-state index contributed by atoms with van der Waals surface area (Å²) in [7, 11) is 0. The fraction of sp³-hybridized carbons (Fsp3) is 0.100. The summed E-state index contributed by atoms with van der Waals surface area (Å²) in [5, 5.41) is 7.42. The van der Waals surface area contributed by atoms with Crippen LogP contribution >= 0.6 is 0 Å². The number of nitrogens with one attached hydrogen (secondary N) is 3. The molecule has 0 unspecified atom stereocenters. The second kappa shape index (κ2) is 9.82. The molecule has 3 amide bonds. The van der Waals surface area contributed by atoms with Crippen LogP contribution in [0.1, 0.15) is 39.6 Å². The third-order valence-electron chi connectivity index (χ3n) is 6.60. The number of hydrogen-bond acceptors (Lipinski definition) is 3. The minimum absolute atomic E-state index is 0.103. The number of amides is 3. The minimum Gasteiger partial charge on any atom is -0.366 e. The molecule has 0 saturated carbocycles. The number of H-pyrrole nitrogens is 1. The van der Waals surface area contributed by atoms with Crippen molar-refractivity contribution in [1.82, 2.24) is 4.98 Å². The van der Waals surface area contributed by atoms with Gasteiger partial charge in [0, 0.05) is 39.6 Å². The van der Waals surface area contributed by atoms with Crippen LogP contribution in [-0.4, -0.2) is 22.7 Å². The number of aromatic nitrogens is 1. The maximum absolute atomic E-state index is 13.3. The number of carbonyl (C=O) groups excluding carboxylic acids is 3. The number of benzene rings is 4. The van der Waals surface area contributed by atoms with E-state index in [1.54, 1.807) is 19.1 Å². The first-order valence-corrected chi connectivity index (χ1v) is 12.1. The number of primary amides is 1. The standard InChI is InChI=1S/C30H25FN4O3/c1-3-26(36)33-19-11-12-22-25(15-19)34-28-23(29(32)37)14-13-21(27(22)28)20-5-4-6-24(16(20)2)35-30(38)17-7-9-18(31)10-8-17/h4-15,34H,3H2,1-2H3,(H2,32,37)(H,33,36)(H,35,38). The van der Waals surface area contributed by atoms with Crippen LogP contribution in [0.2, 0.25) is 0 Å². The molecule has 8 heteroatoms. The summed E-state index contributed by atoms with van der Waals surface area (Å²) in [5.74, 6) is -1.44. The van der Waals surface area contributed by atoms with E-state index in [1.807, 2.05) is 43.3 Å². The number of nitrogens with two attached hydrogens (primary N) is 1. The van der Waals surface area contributed by atoms with E-state index in [0.29, 0.717) is 34.4 Å². The number of rotatable bonds is 6. The van der Waals surface area contributed by atoms with Crippen molar-refractivity contribution in [2.45, 2.75) is 20.3 Å². The summed E-state index contributed by atoms with van der Waals surface area (Å²) < 4.78 is 13.3. The Morgan fingerprint density at radius 2 is 1.68 bits per heavy atom. The van der Waals surface area contributed by atoms with Crippen molar-refractivity contribution in [2.75, 3.05) is 10.6 Å². The lowest BCUT2D eigenvalue weighted by atomic mass is 9.93. The molecule has 0 radical (unpaired) electrons. The first-order chi connectivity index (χ1) is 18.3. The second-order valence-electron chi connectivity index (χ2n) is 9.00. The van der Waals surface area contributed by atoms with Crippen molar-refractivity contribution >= 4 is 50.9 Å². The van der Waals surface area contributed by atoms with Gasteiger partial charge in [0.25, 0.3) is 11.8 Å². The van der Waals surface area contributed by atoms with Gasteiger partial charge < -0.3 is 21.4 Å². The zero-order chi connectivity index (χ0) is 27.0. The fourth-order valence-electron chi connectivity index (χ4n) is 4.63. The van der Waals surface area contributed by atoms with Crippen LogP contribution < -0.4 is 16.4 Å². The van der Waals surface area contributed by atoms with Gasteiger partial charge in [0.15, 0.2) is 0 Å². The Bertz CT molecular complexity index is 1740. The Labute approximate surface area is 217 Å². The first-order valence-electron chi connectivity index (χ1n) is 12.1. The average molecular weight is 509 g/mol. The molecule has 5 N–H and O–H groups in total. The van der Waals surface area contributed by atoms with Crippen LogP contribution in [0.25, 0.3) is 32.9 Å². The quantitative estimate of drug-likeness (QED) is 0.221. The van der Waals surface area contributed by atoms with E-state index in [-0.39, 0.29) is 11.8 Å². The highest BCUT2D eigenvalue weighted by atomic mass is 19.1. The van der Waals surface area contributed by atoms with Gasteiger partial charge in [0.1, 0.15) is 5.82 Å². The molecule has 0 spiro atoms. The second-order valence-corrected chi connectivity index (χ2v) is 9.00. The molecule has 1 heterocycles. The monoisotopic (exact) mass is 508 g/mol. The molecule has 0 saturated heterocycles. The summed E-state index contributed by atoms with van der Waals surface area (Å²) in [6, 6.07) is 20.0. The van der Waals surface area contributed by atoms with Crippen molar-refractivity contribution in [3.8, 4) is 11.1 Å². The lowest BCUT2D eigenvalue weighted by Crippen LogP contribution is -2.13. The SMILES string of the molecule is CCC(=O)Nc1ccc2c(c1)[nH]c1c(C(N)=O)ccc(-c3cccc(NC(=O)c4ccc(F)cc4)c3C)c12. The van der Waals surface area contributed by atoms with E-state index >= 15 is 0 Å². The number of hydrogen-bond donors (Lipinski definition) is 4. The molecular formula is C30H25FN4O3. The van der Waals surface area contributed by atoms with E-state index in [2.05, 4.69) is 15.6 Å². The third-order valence-corrected chi connectivity index (χ3v) is 6.60. The Balaban J connectivity index is 1.64. The van der Waals surface area contributed by atoms with Crippen molar-refractivity contribution in [2.24, 2.45) is 5.73 Å². The summed E-state index contributed by atoms with van der Waals surface area (Å²) in [4.78, 5) is 40.3. The van der Waals surface area contributed by atoms with E-state index in [4.69, 9.17) is 5.73 Å². The highest BCUT2D eigenvalue weighted by Gasteiger charge is 2.19. The molecule has 0 fully saturated rings. The van der Waals surface area contributed by atoms with Gasteiger partial charge in [-0.3, -0.25) is 14.4 Å². The van der Waals surface area contributed by atoms with Gasteiger partial charge in [0.2, 0.25) is 5.91 Å². The molecule has 0 aliphatic carbocycles. The molecule has 4 aromatic carbocycles. The average Bonchev–Trinajstić information content (AvgIpc) is 3.28. The predicted octanol–water partition coefficient (Wildman–Crippen LogP) is 6.14. The lowest BCUT2D eigenvalue weighted by Gasteiger charge is -2.15. The van der Waals surface area contributed by atoms with Gasteiger partial charge >= 0.3 is 0 Å². The summed E-state index contributed by atoms with van der Waals surface area (Å²) in [6.45, 7) is 3.68. The summed E-state index contributed by atoms with van der Waals surface area (Å²) in [6.07, 6.45) is 0.355. The Hall–Kier alpha value is -4.98. The van der Waals surface area contributed by atoms with Gasteiger partial charge in [-0.15, -0.1) is 0 Å². The van der Waals surface area contributed by atoms with Crippen LogP contribution in [0.5, 0.6) is 0 Å². The number of fused-ring (bicyclic) bond motifs is 3. The van der Waals surface area contributed by atoms with Crippen molar-refractivity contribution < 1.29 is 18.8 Å². The fourth-order valence-corrected chi connectivity index (χ4v) is 4.63. The van der Waals surface area contributed by atoms with Crippen LogP contribution in [-0.2, 0) is 4.79 Å². The predicted molar refractivity (Wildman–Crippen MR) is 148 cm³/mol. The van der Waals surface area contributed by atoms with Crippen LogP contribution in [0, 0.1) is 12.7 Å². The number of halogens is 1. The molecule has 190 valence electrons. The number of carbonyl (C=O) groups is 3. The number of anilines is 2. The van der Waals surface area contributed by atoms with E-state index in [9.17, 15) is 18.8 Å².